The molecule has 0 heterocycles. The van der Waals surface area contributed by atoms with Crippen LogP contribution in [0.25, 0.3) is 6.08 Å². The van der Waals surface area contributed by atoms with Crippen molar-refractivity contribution in [2.24, 2.45) is 0 Å². The van der Waals surface area contributed by atoms with Crippen LogP contribution < -0.4 is 16.0 Å². The highest BCUT2D eigenvalue weighted by Crippen LogP contribution is 2.28. The maximum atomic E-state index is 14.1. The van der Waals surface area contributed by atoms with Crippen LogP contribution in [-0.4, -0.2) is 23.0 Å². The average molecular weight is 619 g/mol. The number of carbonyl (C=O) groups excluding carboxylic acids is 3. The van der Waals surface area contributed by atoms with Crippen LogP contribution >= 0.6 is 27.7 Å². The first kappa shape index (κ1) is 28.8. The van der Waals surface area contributed by atoms with Gasteiger partial charge in [-0.2, -0.15) is 0 Å². The Morgan fingerprint density at radius 2 is 1.55 bits per heavy atom. The monoisotopic (exact) mass is 617 g/mol. The van der Waals surface area contributed by atoms with E-state index in [0.717, 1.165) is 10.5 Å². The largest absolute Gasteiger partial charge is 0.323 e. The second-order valence-corrected chi connectivity index (χ2v) is 11.0. The minimum absolute atomic E-state index is 0.0716. The standard InChI is InChI=1S/C31H25BrFN3O3S/c1-20(29(37)35-27-16-15-23(32)18-26(27)33)40-25-14-8-13-24(19-25)34-31(39)28(17-21-9-4-2-5-10-21)36-30(38)22-11-6-3-7-12-22/h2-20H,1H3,(H,34,39)(H,35,37)(H,36,38)/b28-17-. The van der Waals surface area contributed by atoms with Gasteiger partial charge in [-0.15, -0.1) is 11.8 Å². The summed E-state index contributed by atoms with van der Waals surface area (Å²) in [5.74, 6) is -1.82. The summed E-state index contributed by atoms with van der Waals surface area (Å²) in [4.78, 5) is 39.5. The molecule has 0 aliphatic carbocycles. The number of rotatable bonds is 9. The molecule has 0 saturated carbocycles. The molecule has 0 saturated heterocycles. The predicted molar refractivity (Wildman–Crippen MR) is 161 cm³/mol. The summed E-state index contributed by atoms with van der Waals surface area (Å²) >= 11 is 4.46. The maximum Gasteiger partial charge on any atom is 0.272 e. The van der Waals surface area contributed by atoms with Gasteiger partial charge < -0.3 is 16.0 Å². The molecule has 9 heteroatoms. The van der Waals surface area contributed by atoms with Crippen molar-refractivity contribution in [3.05, 3.63) is 130 Å². The van der Waals surface area contributed by atoms with Crippen LogP contribution in [0.5, 0.6) is 0 Å². The number of halogens is 2. The van der Waals surface area contributed by atoms with Crippen LogP contribution in [0.4, 0.5) is 15.8 Å². The molecule has 1 unspecified atom stereocenters. The molecular weight excluding hydrogens is 593 g/mol. The van der Waals surface area contributed by atoms with Gasteiger partial charge in [-0.25, -0.2) is 4.39 Å². The molecule has 0 bridgehead atoms. The van der Waals surface area contributed by atoms with Gasteiger partial charge in [-0.3, -0.25) is 14.4 Å². The van der Waals surface area contributed by atoms with E-state index in [1.54, 1.807) is 67.6 Å². The van der Waals surface area contributed by atoms with E-state index in [2.05, 4.69) is 31.9 Å². The second-order valence-electron chi connectivity index (χ2n) is 8.64. The van der Waals surface area contributed by atoms with Gasteiger partial charge in [0.2, 0.25) is 5.91 Å². The van der Waals surface area contributed by atoms with Crippen molar-refractivity contribution >= 4 is 62.9 Å². The number of anilines is 2. The van der Waals surface area contributed by atoms with E-state index >= 15 is 0 Å². The highest BCUT2D eigenvalue weighted by molar-refractivity contribution is 9.10. The summed E-state index contributed by atoms with van der Waals surface area (Å²) in [6.45, 7) is 1.71. The Kier molecular flexibility index (Phi) is 9.88. The first-order valence-corrected chi connectivity index (χ1v) is 13.9. The van der Waals surface area contributed by atoms with Gasteiger partial charge in [0.05, 0.1) is 10.9 Å². The quantitative estimate of drug-likeness (QED) is 0.138. The summed E-state index contributed by atoms with van der Waals surface area (Å²) in [5, 5.41) is 7.59. The molecule has 0 spiro atoms. The van der Waals surface area contributed by atoms with Crippen LogP contribution in [0.1, 0.15) is 22.8 Å². The summed E-state index contributed by atoms with van der Waals surface area (Å²) in [6, 6.07) is 29.2. The average Bonchev–Trinajstić information content (AvgIpc) is 2.95. The van der Waals surface area contributed by atoms with E-state index in [0.29, 0.717) is 15.7 Å². The molecule has 4 rings (SSSR count). The third-order valence-corrected chi connectivity index (χ3v) is 7.19. The minimum atomic E-state index is -0.548. The van der Waals surface area contributed by atoms with Crippen molar-refractivity contribution in [1.82, 2.24) is 5.32 Å². The lowest BCUT2D eigenvalue weighted by Gasteiger charge is -2.14. The molecular formula is C31H25BrFN3O3S. The lowest BCUT2D eigenvalue weighted by atomic mass is 10.1. The number of carbonyl (C=O) groups is 3. The van der Waals surface area contributed by atoms with Gasteiger partial charge in [0, 0.05) is 20.6 Å². The van der Waals surface area contributed by atoms with Gasteiger partial charge in [0.1, 0.15) is 11.5 Å². The van der Waals surface area contributed by atoms with Crippen molar-refractivity contribution in [2.45, 2.75) is 17.1 Å². The van der Waals surface area contributed by atoms with E-state index in [-0.39, 0.29) is 17.3 Å². The zero-order valence-corrected chi connectivity index (χ0v) is 23.8. The van der Waals surface area contributed by atoms with Gasteiger partial charge in [-0.05, 0) is 67.1 Å². The predicted octanol–water partition coefficient (Wildman–Crippen LogP) is 7.12. The fourth-order valence-electron chi connectivity index (χ4n) is 3.59. The summed E-state index contributed by atoms with van der Waals surface area (Å²) < 4.78 is 14.7. The number of nitrogens with one attached hydrogen (secondary N) is 3. The van der Waals surface area contributed by atoms with Crippen molar-refractivity contribution in [1.29, 1.82) is 0 Å². The molecule has 0 radical (unpaired) electrons. The zero-order chi connectivity index (χ0) is 28.5. The summed E-state index contributed by atoms with van der Waals surface area (Å²) in [7, 11) is 0. The Hall–Kier alpha value is -4.21. The van der Waals surface area contributed by atoms with Crippen LogP contribution in [0, 0.1) is 5.82 Å². The van der Waals surface area contributed by atoms with E-state index < -0.39 is 22.9 Å². The Balaban J connectivity index is 1.46. The molecule has 40 heavy (non-hydrogen) atoms. The highest BCUT2D eigenvalue weighted by atomic mass is 79.9. The zero-order valence-electron chi connectivity index (χ0n) is 21.4. The third kappa shape index (κ3) is 8.14. The molecule has 0 aromatic heterocycles. The molecule has 0 fully saturated rings. The topological polar surface area (TPSA) is 87.3 Å². The van der Waals surface area contributed by atoms with Crippen molar-refractivity contribution in [3.8, 4) is 0 Å². The molecule has 6 nitrogen and oxygen atoms in total. The molecule has 202 valence electrons. The Labute approximate surface area is 244 Å². The normalized spacial score (nSPS) is 11.8. The fourth-order valence-corrected chi connectivity index (χ4v) is 4.85. The number of hydrogen-bond donors (Lipinski definition) is 3. The Morgan fingerprint density at radius 1 is 0.850 bits per heavy atom. The first-order valence-electron chi connectivity index (χ1n) is 12.3. The number of hydrogen-bond acceptors (Lipinski definition) is 4. The van der Waals surface area contributed by atoms with Crippen LogP contribution in [-0.2, 0) is 9.59 Å². The smallest absolute Gasteiger partial charge is 0.272 e. The number of benzene rings is 4. The third-order valence-electron chi connectivity index (χ3n) is 5.60. The summed E-state index contributed by atoms with van der Waals surface area (Å²) in [5.41, 5.74) is 1.81. The molecule has 1 atom stereocenters. The number of thioether (sulfide) groups is 1. The SMILES string of the molecule is CC(Sc1cccc(NC(=O)/C(=C/c2ccccc2)NC(=O)c2ccccc2)c1)C(=O)Nc1ccc(Br)cc1F. The van der Waals surface area contributed by atoms with Gasteiger partial charge in [0.25, 0.3) is 11.8 Å². The van der Waals surface area contributed by atoms with E-state index in [1.165, 1.54) is 23.9 Å². The summed E-state index contributed by atoms with van der Waals surface area (Å²) in [6.07, 6.45) is 1.60. The molecule has 4 aromatic carbocycles. The Morgan fingerprint density at radius 3 is 2.25 bits per heavy atom. The molecule has 4 aromatic rings. The van der Waals surface area contributed by atoms with Gasteiger partial charge in [0.15, 0.2) is 0 Å². The van der Waals surface area contributed by atoms with E-state index in [9.17, 15) is 18.8 Å². The lowest BCUT2D eigenvalue weighted by Crippen LogP contribution is -2.30. The highest BCUT2D eigenvalue weighted by Gasteiger charge is 2.18. The van der Waals surface area contributed by atoms with Gasteiger partial charge in [-0.1, -0.05) is 70.5 Å². The van der Waals surface area contributed by atoms with Crippen molar-refractivity contribution in [3.63, 3.8) is 0 Å². The Bertz CT molecular complexity index is 1550. The second kappa shape index (κ2) is 13.7. The van der Waals surface area contributed by atoms with Gasteiger partial charge >= 0.3 is 0 Å². The minimum Gasteiger partial charge on any atom is -0.323 e. The first-order chi connectivity index (χ1) is 19.3. The fraction of sp³-hybridized carbons (Fsp3) is 0.0645. The molecule has 0 aliphatic heterocycles. The van der Waals surface area contributed by atoms with Crippen molar-refractivity contribution in [2.75, 3.05) is 10.6 Å². The van der Waals surface area contributed by atoms with E-state index in [1.807, 2.05) is 36.4 Å². The maximum absolute atomic E-state index is 14.1. The lowest BCUT2D eigenvalue weighted by molar-refractivity contribution is -0.115. The molecule has 3 N–H and O–H groups in total. The van der Waals surface area contributed by atoms with Crippen molar-refractivity contribution < 1.29 is 18.8 Å². The van der Waals surface area contributed by atoms with Crippen LogP contribution in [0.2, 0.25) is 0 Å². The molecule has 0 aliphatic rings. The van der Waals surface area contributed by atoms with Crippen LogP contribution in [0.3, 0.4) is 0 Å². The molecule has 3 amide bonds. The van der Waals surface area contributed by atoms with E-state index in [4.69, 9.17) is 0 Å². The van der Waals surface area contributed by atoms with Crippen LogP contribution in [0.15, 0.2) is 118 Å². The number of amides is 3.